The number of thiocarbonyl (C=S) groups is 1. The Labute approximate surface area is 237 Å². The Hall–Kier alpha value is -2.16. The molecule has 2 N–H and O–H groups in total. The standard InChI is InChI=1S/C29H41ClN6OS/c1-21-9-14-35(15-10-21)25-19-26(36-13-4-3-6-22(36)2)33-27(32-25)34-28(38)31-20-29(11-16-37-17-12-29)23-7-5-8-24(30)18-23/h5,7-8,18-19,21-22H,3-4,6,9-17,20H2,1-2H3,(H2,31,32,33,34,38). The monoisotopic (exact) mass is 556 g/mol. The van der Waals surface area contributed by atoms with Crippen LogP contribution in [0.3, 0.4) is 0 Å². The minimum Gasteiger partial charge on any atom is -0.381 e. The summed E-state index contributed by atoms with van der Waals surface area (Å²) in [7, 11) is 0. The van der Waals surface area contributed by atoms with E-state index in [0.29, 0.717) is 23.6 Å². The summed E-state index contributed by atoms with van der Waals surface area (Å²) in [6, 6.07) is 10.8. The Morgan fingerprint density at radius 2 is 1.82 bits per heavy atom. The molecule has 3 saturated heterocycles. The Balaban J connectivity index is 1.33. The third-order valence-electron chi connectivity index (χ3n) is 8.60. The van der Waals surface area contributed by atoms with E-state index >= 15 is 0 Å². The summed E-state index contributed by atoms with van der Waals surface area (Å²) in [5.74, 6) is 3.31. The summed E-state index contributed by atoms with van der Waals surface area (Å²) in [5, 5.41) is 8.12. The summed E-state index contributed by atoms with van der Waals surface area (Å²) in [4.78, 5) is 14.7. The molecule has 5 rings (SSSR count). The first-order valence-electron chi connectivity index (χ1n) is 14.2. The van der Waals surface area contributed by atoms with Crippen molar-refractivity contribution in [2.75, 3.05) is 54.5 Å². The van der Waals surface area contributed by atoms with E-state index in [1.165, 1.54) is 37.7 Å². The lowest BCUT2D eigenvalue weighted by molar-refractivity contribution is 0.0515. The first-order valence-corrected chi connectivity index (χ1v) is 15.0. The Morgan fingerprint density at radius 1 is 1.05 bits per heavy atom. The molecule has 2 aromatic rings. The summed E-state index contributed by atoms with van der Waals surface area (Å²) >= 11 is 12.1. The van der Waals surface area contributed by atoms with E-state index in [4.69, 9.17) is 38.5 Å². The van der Waals surface area contributed by atoms with E-state index in [-0.39, 0.29) is 5.41 Å². The van der Waals surface area contributed by atoms with Gasteiger partial charge in [0.1, 0.15) is 11.6 Å². The van der Waals surface area contributed by atoms with Crippen molar-refractivity contribution in [1.82, 2.24) is 15.3 Å². The number of rotatable bonds is 6. The maximum atomic E-state index is 6.36. The minimum atomic E-state index is -0.0868. The third kappa shape index (κ3) is 6.52. The van der Waals surface area contributed by atoms with Gasteiger partial charge in [0.25, 0.3) is 0 Å². The molecule has 3 aliphatic rings. The maximum Gasteiger partial charge on any atom is 0.232 e. The van der Waals surface area contributed by atoms with Gasteiger partial charge in [-0.15, -0.1) is 0 Å². The largest absolute Gasteiger partial charge is 0.381 e. The van der Waals surface area contributed by atoms with Gasteiger partial charge in [-0.25, -0.2) is 0 Å². The van der Waals surface area contributed by atoms with Crippen LogP contribution < -0.4 is 20.4 Å². The van der Waals surface area contributed by atoms with E-state index in [1.807, 2.05) is 12.1 Å². The zero-order valence-corrected chi connectivity index (χ0v) is 24.3. The van der Waals surface area contributed by atoms with Gasteiger partial charge in [0.15, 0.2) is 5.11 Å². The van der Waals surface area contributed by atoms with Crippen molar-refractivity contribution < 1.29 is 4.74 Å². The van der Waals surface area contributed by atoms with Gasteiger partial charge in [0.2, 0.25) is 5.95 Å². The number of ether oxygens (including phenoxy) is 1. The van der Waals surface area contributed by atoms with Crippen LogP contribution in [0.25, 0.3) is 0 Å². The Morgan fingerprint density at radius 3 is 2.55 bits per heavy atom. The van der Waals surface area contributed by atoms with E-state index in [2.05, 4.69) is 52.5 Å². The highest BCUT2D eigenvalue weighted by molar-refractivity contribution is 7.80. The molecule has 1 atom stereocenters. The predicted octanol–water partition coefficient (Wildman–Crippen LogP) is 5.78. The average molecular weight is 557 g/mol. The fourth-order valence-electron chi connectivity index (χ4n) is 6.01. The molecule has 0 amide bonds. The van der Waals surface area contributed by atoms with E-state index in [9.17, 15) is 0 Å². The topological polar surface area (TPSA) is 65.5 Å². The van der Waals surface area contributed by atoms with E-state index in [0.717, 1.165) is 68.3 Å². The first-order chi connectivity index (χ1) is 18.4. The number of hydrogen-bond acceptors (Lipinski definition) is 6. The molecular formula is C29H41ClN6OS. The van der Waals surface area contributed by atoms with Crippen LogP contribution in [-0.2, 0) is 10.2 Å². The Kier molecular flexibility index (Phi) is 8.91. The molecule has 0 bridgehead atoms. The lowest BCUT2D eigenvalue weighted by atomic mass is 9.74. The molecule has 0 aliphatic carbocycles. The zero-order chi connectivity index (χ0) is 26.5. The molecule has 1 aromatic heterocycles. The molecule has 38 heavy (non-hydrogen) atoms. The quantitative estimate of drug-likeness (QED) is 0.434. The fourth-order valence-corrected chi connectivity index (χ4v) is 6.36. The average Bonchev–Trinajstić information content (AvgIpc) is 2.93. The highest BCUT2D eigenvalue weighted by Crippen LogP contribution is 2.35. The SMILES string of the molecule is CC1CCN(c2cc(N3CCCCC3C)nc(NC(=S)NCC3(c4cccc(Cl)c4)CCOCC3)n2)CC1. The summed E-state index contributed by atoms with van der Waals surface area (Å²) in [5.41, 5.74) is 1.14. The molecule has 1 unspecified atom stereocenters. The van der Waals surface area contributed by atoms with Gasteiger partial charge in [-0.05, 0) is 87.7 Å². The van der Waals surface area contributed by atoms with Crippen molar-refractivity contribution in [1.29, 1.82) is 0 Å². The molecule has 0 spiro atoms. The van der Waals surface area contributed by atoms with Crippen LogP contribution in [0.2, 0.25) is 5.02 Å². The van der Waals surface area contributed by atoms with Crippen LogP contribution in [0.15, 0.2) is 30.3 Å². The molecule has 0 radical (unpaired) electrons. The van der Waals surface area contributed by atoms with E-state index < -0.39 is 0 Å². The molecule has 0 saturated carbocycles. The molecule has 7 nitrogen and oxygen atoms in total. The lowest BCUT2D eigenvalue weighted by Crippen LogP contribution is -2.45. The zero-order valence-electron chi connectivity index (χ0n) is 22.7. The lowest BCUT2D eigenvalue weighted by Gasteiger charge is -2.38. The van der Waals surface area contributed by atoms with Crippen molar-refractivity contribution >= 4 is 46.5 Å². The molecule has 1 aromatic carbocycles. The number of halogens is 1. The van der Waals surface area contributed by atoms with E-state index in [1.54, 1.807) is 0 Å². The van der Waals surface area contributed by atoms with Gasteiger partial charge in [-0.2, -0.15) is 9.97 Å². The van der Waals surface area contributed by atoms with Crippen LogP contribution in [0.1, 0.15) is 64.4 Å². The number of aromatic nitrogens is 2. The number of anilines is 3. The fraction of sp³-hybridized carbons (Fsp3) is 0.621. The van der Waals surface area contributed by atoms with Crippen molar-refractivity contribution in [2.24, 2.45) is 5.92 Å². The smallest absolute Gasteiger partial charge is 0.232 e. The van der Waals surface area contributed by atoms with Crippen LogP contribution in [0.5, 0.6) is 0 Å². The van der Waals surface area contributed by atoms with Crippen LogP contribution in [0, 0.1) is 5.92 Å². The molecule has 9 heteroatoms. The first kappa shape index (κ1) is 27.4. The second-order valence-electron chi connectivity index (χ2n) is 11.3. The highest BCUT2D eigenvalue weighted by atomic mass is 35.5. The normalized spacial score (nSPS) is 22.2. The summed E-state index contributed by atoms with van der Waals surface area (Å²) < 4.78 is 5.70. The van der Waals surface area contributed by atoms with Crippen molar-refractivity contribution in [3.8, 4) is 0 Å². The molecule has 3 aliphatic heterocycles. The van der Waals surface area contributed by atoms with Gasteiger partial charge in [-0.3, -0.25) is 0 Å². The van der Waals surface area contributed by atoms with Crippen LogP contribution in [0.4, 0.5) is 17.6 Å². The number of hydrogen-bond donors (Lipinski definition) is 2. The predicted molar refractivity (Wildman–Crippen MR) is 161 cm³/mol. The van der Waals surface area contributed by atoms with Crippen LogP contribution >= 0.6 is 23.8 Å². The van der Waals surface area contributed by atoms with Gasteiger partial charge in [0.05, 0.1) is 0 Å². The second-order valence-corrected chi connectivity index (χ2v) is 12.2. The molecule has 4 heterocycles. The molecular weight excluding hydrogens is 516 g/mol. The number of nitrogens with one attached hydrogen (secondary N) is 2. The number of nitrogens with zero attached hydrogens (tertiary/aromatic N) is 4. The van der Waals surface area contributed by atoms with Gasteiger partial charge < -0.3 is 25.2 Å². The van der Waals surface area contributed by atoms with Gasteiger partial charge in [0, 0.05) is 61.9 Å². The number of piperidine rings is 2. The van der Waals surface area contributed by atoms with Gasteiger partial charge >= 0.3 is 0 Å². The summed E-state index contributed by atoms with van der Waals surface area (Å²) in [6.07, 6.45) is 7.88. The van der Waals surface area contributed by atoms with Crippen LogP contribution in [-0.4, -0.2) is 60.5 Å². The minimum absolute atomic E-state index is 0.0868. The number of benzene rings is 1. The maximum absolute atomic E-state index is 6.36. The summed E-state index contributed by atoms with van der Waals surface area (Å²) in [6.45, 7) is 9.87. The van der Waals surface area contributed by atoms with Gasteiger partial charge in [-0.1, -0.05) is 30.7 Å². The second kappa shape index (κ2) is 12.3. The molecule has 3 fully saturated rings. The van der Waals surface area contributed by atoms with Crippen molar-refractivity contribution in [2.45, 2.75) is 70.3 Å². The Bertz CT molecular complexity index is 1100. The van der Waals surface area contributed by atoms with Crippen molar-refractivity contribution in [3.63, 3.8) is 0 Å². The van der Waals surface area contributed by atoms with Crippen molar-refractivity contribution in [3.05, 3.63) is 40.9 Å². The highest BCUT2D eigenvalue weighted by Gasteiger charge is 2.35. The molecule has 206 valence electrons. The third-order valence-corrected chi connectivity index (χ3v) is 9.09.